The highest BCUT2D eigenvalue weighted by molar-refractivity contribution is 7.88. The first kappa shape index (κ1) is 14.5. The number of nitrogens with two attached hydrogens (primary N) is 1. The van der Waals surface area contributed by atoms with Crippen LogP contribution in [0.25, 0.3) is 0 Å². The van der Waals surface area contributed by atoms with Gasteiger partial charge in [-0.15, -0.1) is 0 Å². The number of aromatic nitrogens is 2. The van der Waals surface area contributed by atoms with Crippen LogP contribution in [-0.2, 0) is 23.1 Å². The van der Waals surface area contributed by atoms with Crippen LogP contribution in [0.2, 0.25) is 0 Å². The first-order valence-electron chi connectivity index (χ1n) is 6.58. The van der Waals surface area contributed by atoms with E-state index in [1.807, 2.05) is 11.6 Å². The standard InChI is InChI=1S/C12H22N4O2S/c1-10-12(6-13)7-14-16(10)9-11-4-3-5-15(8-11)19(2,17)18/h7,11H,3-6,8-9,13H2,1-2H3. The Balaban J connectivity index is 2.05. The lowest BCUT2D eigenvalue weighted by atomic mass is 10.00. The van der Waals surface area contributed by atoms with Gasteiger partial charge in [-0.1, -0.05) is 0 Å². The Bertz CT molecular complexity index is 538. The van der Waals surface area contributed by atoms with Crippen LogP contribution in [0.4, 0.5) is 0 Å². The molecule has 0 radical (unpaired) electrons. The number of piperidine rings is 1. The van der Waals surface area contributed by atoms with Gasteiger partial charge in [-0.25, -0.2) is 12.7 Å². The summed E-state index contributed by atoms with van der Waals surface area (Å²) in [5, 5.41) is 4.34. The van der Waals surface area contributed by atoms with E-state index in [-0.39, 0.29) is 0 Å². The zero-order valence-corrected chi connectivity index (χ0v) is 12.4. The van der Waals surface area contributed by atoms with Gasteiger partial charge in [-0.05, 0) is 25.7 Å². The van der Waals surface area contributed by atoms with E-state index in [1.165, 1.54) is 6.26 Å². The van der Waals surface area contributed by atoms with Gasteiger partial charge < -0.3 is 5.73 Å². The summed E-state index contributed by atoms with van der Waals surface area (Å²) in [6.45, 7) is 4.49. The van der Waals surface area contributed by atoms with Crippen molar-refractivity contribution in [3.05, 3.63) is 17.5 Å². The lowest BCUT2D eigenvalue weighted by Gasteiger charge is -2.31. The molecule has 0 saturated carbocycles. The third-order valence-electron chi connectivity index (χ3n) is 3.81. The topological polar surface area (TPSA) is 81.2 Å². The Kier molecular flexibility index (Phi) is 4.27. The maximum absolute atomic E-state index is 11.6. The first-order chi connectivity index (χ1) is 8.91. The SMILES string of the molecule is Cc1c(CN)cnn1CC1CCCN(S(C)(=O)=O)C1. The summed E-state index contributed by atoms with van der Waals surface area (Å²) in [5.74, 6) is 0.327. The van der Waals surface area contributed by atoms with E-state index in [0.717, 1.165) is 30.6 Å². The molecule has 6 nitrogen and oxygen atoms in total. The van der Waals surface area contributed by atoms with Crippen molar-refractivity contribution in [1.82, 2.24) is 14.1 Å². The Hall–Kier alpha value is -0.920. The molecule has 0 aliphatic carbocycles. The quantitative estimate of drug-likeness (QED) is 0.864. The second kappa shape index (κ2) is 5.60. The van der Waals surface area contributed by atoms with Gasteiger partial charge in [0.2, 0.25) is 10.0 Å². The molecule has 1 aromatic rings. The van der Waals surface area contributed by atoms with E-state index < -0.39 is 10.0 Å². The van der Waals surface area contributed by atoms with E-state index >= 15 is 0 Å². The van der Waals surface area contributed by atoms with Crippen molar-refractivity contribution in [2.24, 2.45) is 11.7 Å². The van der Waals surface area contributed by atoms with Gasteiger partial charge in [-0.2, -0.15) is 5.10 Å². The minimum atomic E-state index is -3.08. The number of hydrogen-bond acceptors (Lipinski definition) is 4. The highest BCUT2D eigenvalue weighted by Gasteiger charge is 2.26. The number of nitrogens with zero attached hydrogens (tertiary/aromatic N) is 3. The largest absolute Gasteiger partial charge is 0.326 e. The fraction of sp³-hybridized carbons (Fsp3) is 0.750. The number of rotatable bonds is 4. The molecule has 2 heterocycles. The molecule has 1 saturated heterocycles. The third-order valence-corrected chi connectivity index (χ3v) is 5.08. The molecule has 108 valence electrons. The second-order valence-corrected chi connectivity index (χ2v) is 7.25. The highest BCUT2D eigenvalue weighted by atomic mass is 32.2. The van der Waals surface area contributed by atoms with Crippen LogP contribution in [-0.4, -0.2) is 41.8 Å². The van der Waals surface area contributed by atoms with Gasteiger partial charge in [0.15, 0.2) is 0 Å². The predicted molar refractivity (Wildman–Crippen MR) is 74.0 cm³/mol. The van der Waals surface area contributed by atoms with Gasteiger partial charge in [0.25, 0.3) is 0 Å². The molecule has 1 aliphatic heterocycles. The normalized spacial score (nSPS) is 21.7. The Morgan fingerprint density at radius 1 is 1.53 bits per heavy atom. The Morgan fingerprint density at radius 2 is 2.26 bits per heavy atom. The molecule has 7 heteroatoms. The van der Waals surface area contributed by atoms with Crippen LogP contribution in [0.3, 0.4) is 0 Å². The molecule has 2 rings (SSSR count). The summed E-state index contributed by atoms with van der Waals surface area (Å²) < 4.78 is 26.7. The van der Waals surface area contributed by atoms with E-state index in [1.54, 1.807) is 10.5 Å². The van der Waals surface area contributed by atoms with Gasteiger partial charge in [0.1, 0.15) is 0 Å². The van der Waals surface area contributed by atoms with Crippen molar-refractivity contribution in [1.29, 1.82) is 0 Å². The molecule has 2 N–H and O–H groups in total. The monoisotopic (exact) mass is 286 g/mol. The van der Waals surface area contributed by atoms with E-state index in [2.05, 4.69) is 5.10 Å². The molecule has 1 unspecified atom stereocenters. The maximum atomic E-state index is 11.6. The maximum Gasteiger partial charge on any atom is 0.211 e. The molecule has 1 atom stereocenters. The van der Waals surface area contributed by atoms with Crippen LogP contribution in [0.5, 0.6) is 0 Å². The summed E-state index contributed by atoms with van der Waals surface area (Å²) >= 11 is 0. The Morgan fingerprint density at radius 3 is 2.84 bits per heavy atom. The average molecular weight is 286 g/mol. The first-order valence-corrected chi connectivity index (χ1v) is 8.43. The molecule has 0 amide bonds. The van der Waals surface area contributed by atoms with E-state index in [0.29, 0.717) is 25.6 Å². The molecule has 1 fully saturated rings. The van der Waals surface area contributed by atoms with Crippen LogP contribution < -0.4 is 5.73 Å². The van der Waals surface area contributed by atoms with Crippen LogP contribution in [0.15, 0.2) is 6.20 Å². The van der Waals surface area contributed by atoms with Crippen molar-refractivity contribution in [3.63, 3.8) is 0 Å². The van der Waals surface area contributed by atoms with Gasteiger partial charge in [0, 0.05) is 37.4 Å². The molecule has 1 aromatic heterocycles. The molecule has 1 aliphatic rings. The van der Waals surface area contributed by atoms with Crippen molar-refractivity contribution < 1.29 is 8.42 Å². The summed E-state index contributed by atoms with van der Waals surface area (Å²) in [6, 6.07) is 0. The molecule has 0 spiro atoms. The summed E-state index contributed by atoms with van der Waals surface area (Å²) in [7, 11) is -3.08. The van der Waals surface area contributed by atoms with Gasteiger partial charge in [0.05, 0.1) is 12.5 Å². The minimum absolute atomic E-state index is 0.327. The lowest BCUT2D eigenvalue weighted by Crippen LogP contribution is -2.40. The lowest BCUT2D eigenvalue weighted by molar-refractivity contribution is 0.239. The van der Waals surface area contributed by atoms with Crippen molar-refractivity contribution in [2.75, 3.05) is 19.3 Å². The van der Waals surface area contributed by atoms with Crippen LogP contribution in [0.1, 0.15) is 24.1 Å². The molecule has 0 bridgehead atoms. The Labute approximate surface area is 114 Å². The fourth-order valence-corrected chi connectivity index (χ4v) is 3.53. The van der Waals surface area contributed by atoms with Crippen LogP contribution >= 0.6 is 0 Å². The van der Waals surface area contributed by atoms with Crippen molar-refractivity contribution in [3.8, 4) is 0 Å². The summed E-state index contributed by atoms with van der Waals surface area (Å²) in [4.78, 5) is 0. The second-order valence-electron chi connectivity index (χ2n) is 5.27. The van der Waals surface area contributed by atoms with Gasteiger partial charge in [-0.3, -0.25) is 4.68 Å². The van der Waals surface area contributed by atoms with Crippen molar-refractivity contribution >= 4 is 10.0 Å². The van der Waals surface area contributed by atoms with Crippen molar-refractivity contribution in [2.45, 2.75) is 32.9 Å². The zero-order valence-electron chi connectivity index (χ0n) is 11.5. The molecule has 0 aromatic carbocycles. The number of sulfonamides is 1. The average Bonchev–Trinajstić information content (AvgIpc) is 2.70. The van der Waals surface area contributed by atoms with Crippen LogP contribution in [0, 0.1) is 12.8 Å². The zero-order chi connectivity index (χ0) is 14.0. The third kappa shape index (κ3) is 3.34. The highest BCUT2D eigenvalue weighted by Crippen LogP contribution is 2.21. The van der Waals surface area contributed by atoms with E-state index in [9.17, 15) is 8.42 Å². The summed E-state index contributed by atoms with van der Waals surface area (Å²) in [5.41, 5.74) is 7.77. The smallest absolute Gasteiger partial charge is 0.211 e. The van der Waals surface area contributed by atoms with E-state index in [4.69, 9.17) is 5.73 Å². The molecular weight excluding hydrogens is 264 g/mol. The number of hydrogen-bond donors (Lipinski definition) is 1. The van der Waals surface area contributed by atoms with Gasteiger partial charge >= 0.3 is 0 Å². The summed E-state index contributed by atoms with van der Waals surface area (Å²) in [6.07, 6.45) is 5.04. The minimum Gasteiger partial charge on any atom is -0.326 e. The predicted octanol–water partition coefficient (Wildman–Crippen LogP) is 0.322. The fourth-order valence-electron chi connectivity index (χ4n) is 2.59. The molecule has 19 heavy (non-hydrogen) atoms. The molecular formula is C12H22N4O2S.